The maximum absolute atomic E-state index is 11.0. The summed E-state index contributed by atoms with van der Waals surface area (Å²) in [6.07, 6.45) is 4.11. The van der Waals surface area contributed by atoms with Gasteiger partial charge >= 0.3 is 35.5 Å². The summed E-state index contributed by atoms with van der Waals surface area (Å²) >= 11 is 5.51. The monoisotopic (exact) mass is 410 g/mol. The number of aliphatic carboxylic acids is 1. The summed E-state index contributed by atoms with van der Waals surface area (Å²) < 4.78 is 4.90. The van der Waals surface area contributed by atoms with Gasteiger partial charge in [0.1, 0.15) is 0 Å². The Hall–Kier alpha value is -0.950. The average Bonchev–Trinajstić information content (AvgIpc) is 3.09. The van der Waals surface area contributed by atoms with Crippen LogP contribution in [0.3, 0.4) is 0 Å². The number of esters is 1. The first-order valence-electron chi connectivity index (χ1n) is 7.99. The van der Waals surface area contributed by atoms with Crippen LogP contribution in [0.15, 0.2) is 24.3 Å². The Morgan fingerprint density at radius 3 is 1.70 bits per heavy atom. The van der Waals surface area contributed by atoms with E-state index in [1.165, 1.54) is 6.92 Å². The number of carbonyl (C=O) groups excluding carboxylic acids is 4. The van der Waals surface area contributed by atoms with E-state index >= 15 is 0 Å². The van der Waals surface area contributed by atoms with Crippen molar-refractivity contribution in [1.82, 2.24) is 0 Å². The van der Waals surface area contributed by atoms with Crippen molar-refractivity contribution in [3.05, 3.63) is 24.3 Å². The van der Waals surface area contributed by atoms with Crippen molar-refractivity contribution in [2.75, 3.05) is 0 Å². The number of carbonyl (C=O) groups is 4. The van der Waals surface area contributed by atoms with E-state index in [0.29, 0.717) is 24.8 Å². The third-order valence-electron chi connectivity index (χ3n) is 3.42. The van der Waals surface area contributed by atoms with Crippen LogP contribution in [0.5, 0.6) is 0 Å². The molecule has 27 heavy (non-hydrogen) atoms. The predicted octanol–water partition coefficient (Wildman–Crippen LogP) is -0.473. The molecular formula is C19H28ClNaO6. The topological polar surface area (TPSA) is 101 Å². The molecule has 2 aliphatic carbocycles. The number of carboxylic acid groups (broad SMARTS) is 1. The fourth-order valence-corrected chi connectivity index (χ4v) is 2.17. The zero-order chi connectivity index (χ0) is 19.6. The minimum Gasteiger partial charge on any atom is -0.545 e. The maximum atomic E-state index is 11.0. The molecule has 0 aromatic heterocycles. The number of hydrogen-bond donors (Lipinski definition) is 0. The van der Waals surface area contributed by atoms with Crippen LogP contribution >= 0.6 is 11.6 Å². The third kappa shape index (κ3) is 13.8. The number of Topliss-reactive ketones (excluding diaryl/α,β-unsaturated/α-hetero) is 2. The van der Waals surface area contributed by atoms with E-state index in [1.807, 2.05) is 0 Å². The van der Waals surface area contributed by atoms with Gasteiger partial charge in [0.2, 0.25) is 0 Å². The van der Waals surface area contributed by atoms with Crippen molar-refractivity contribution in [2.45, 2.75) is 71.3 Å². The Bertz CT molecular complexity index is 546. The number of hydrogen-bond acceptors (Lipinski definition) is 6. The van der Waals surface area contributed by atoms with Gasteiger partial charge in [-0.15, -0.1) is 11.6 Å². The average molecular weight is 411 g/mol. The molecule has 0 aliphatic heterocycles. The molecule has 2 aliphatic rings. The van der Waals surface area contributed by atoms with Gasteiger partial charge in [0.25, 0.3) is 0 Å². The molecule has 0 aromatic carbocycles. The van der Waals surface area contributed by atoms with Gasteiger partial charge in [-0.25, -0.2) is 4.79 Å². The van der Waals surface area contributed by atoms with Crippen LogP contribution in [-0.2, 0) is 23.9 Å². The summed E-state index contributed by atoms with van der Waals surface area (Å²) in [6, 6.07) is 0. The van der Waals surface area contributed by atoms with Crippen LogP contribution in [0, 0.1) is 0 Å². The molecule has 0 saturated heterocycles. The van der Waals surface area contributed by atoms with Crippen molar-refractivity contribution in [2.24, 2.45) is 0 Å². The van der Waals surface area contributed by atoms with Crippen molar-refractivity contribution in [3.63, 3.8) is 0 Å². The normalized spacial score (nSPS) is 19.8. The summed E-state index contributed by atoms with van der Waals surface area (Å²) in [6.45, 7) is 9.48. The molecule has 2 atom stereocenters. The van der Waals surface area contributed by atoms with Gasteiger partial charge in [0.15, 0.2) is 17.7 Å². The van der Waals surface area contributed by atoms with E-state index in [4.69, 9.17) is 16.3 Å². The van der Waals surface area contributed by atoms with Crippen molar-refractivity contribution in [3.8, 4) is 0 Å². The molecule has 8 heteroatoms. The molecule has 2 fully saturated rings. The second-order valence-electron chi connectivity index (χ2n) is 5.93. The fraction of sp³-hybridized carbons (Fsp3) is 0.579. The van der Waals surface area contributed by atoms with Crippen molar-refractivity contribution in [1.29, 1.82) is 0 Å². The van der Waals surface area contributed by atoms with Gasteiger partial charge in [-0.2, -0.15) is 0 Å². The smallest absolute Gasteiger partial charge is 0.545 e. The van der Waals surface area contributed by atoms with Crippen LogP contribution in [0.1, 0.15) is 59.8 Å². The molecule has 6 nitrogen and oxygen atoms in total. The van der Waals surface area contributed by atoms with E-state index in [2.05, 4.69) is 13.2 Å². The van der Waals surface area contributed by atoms with Crippen molar-refractivity contribution < 1.29 is 58.6 Å². The first kappa shape index (κ1) is 30.8. The molecule has 0 bridgehead atoms. The van der Waals surface area contributed by atoms with Crippen LogP contribution in [-0.4, -0.2) is 35.0 Å². The number of ether oxygens (including phenoxy) is 1. The second-order valence-corrected chi connectivity index (χ2v) is 6.45. The summed E-state index contributed by atoms with van der Waals surface area (Å²) in [5, 5.41) is 9.34. The number of alkyl halides is 1. The molecule has 148 valence electrons. The van der Waals surface area contributed by atoms with Crippen LogP contribution < -0.4 is 34.7 Å². The van der Waals surface area contributed by atoms with Gasteiger partial charge in [-0.05, 0) is 45.1 Å². The van der Waals surface area contributed by atoms with E-state index in [1.54, 1.807) is 6.92 Å². The zero-order valence-electron chi connectivity index (χ0n) is 15.6. The van der Waals surface area contributed by atoms with Gasteiger partial charge in [0, 0.05) is 18.4 Å². The predicted molar refractivity (Wildman–Crippen MR) is 98.6 cm³/mol. The zero-order valence-corrected chi connectivity index (χ0v) is 18.4. The fourth-order valence-electron chi connectivity index (χ4n) is 1.91. The molecule has 2 saturated carbocycles. The van der Waals surface area contributed by atoms with Crippen LogP contribution in [0.25, 0.3) is 0 Å². The molecule has 2 rings (SSSR count). The molecule has 0 spiro atoms. The molecule has 0 heterocycles. The molecule has 0 aromatic rings. The Morgan fingerprint density at radius 1 is 1.04 bits per heavy atom. The van der Waals surface area contributed by atoms with E-state index in [0.717, 1.165) is 19.3 Å². The standard InChI is InChI=1S/C9H12O3.C5H7ClO.C4H6O2.CH4.Na/c1-6(2)9(11)12-8-5-3-4-7(8)10;6-4-2-1-3-5(4)7;1-3(2)4(5)6;;/h8H,1,3-5H2,2H3;4H,1-3H2;1H2,2H3,(H,5,6);1H4;/q;;;;+1/p-1. The molecule has 0 amide bonds. The Labute approximate surface area is 188 Å². The summed E-state index contributed by atoms with van der Waals surface area (Å²) in [4.78, 5) is 41.9. The molecular weight excluding hydrogens is 383 g/mol. The van der Waals surface area contributed by atoms with Gasteiger partial charge < -0.3 is 14.6 Å². The van der Waals surface area contributed by atoms with Gasteiger partial charge in [0.05, 0.1) is 11.3 Å². The third-order valence-corrected chi connectivity index (χ3v) is 3.89. The Morgan fingerprint density at radius 2 is 1.48 bits per heavy atom. The maximum Gasteiger partial charge on any atom is 1.00 e. The number of ketones is 2. The first-order valence-corrected chi connectivity index (χ1v) is 8.42. The van der Waals surface area contributed by atoms with Crippen LogP contribution in [0.2, 0.25) is 0 Å². The first-order chi connectivity index (χ1) is 11.6. The van der Waals surface area contributed by atoms with E-state index in [-0.39, 0.29) is 59.5 Å². The van der Waals surface area contributed by atoms with Gasteiger partial charge in [-0.1, -0.05) is 20.6 Å². The van der Waals surface area contributed by atoms with E-state index in [9.17, 15) is 24.3 Å². The molecule has 0 radical (unpaired) electrons. The van der Waals surface area contributed by atoms with E-state index < -0.39 is 18.0 Å². The minimum atomic E-state index is -1.19. The minimum absolute atomic E-state index is 0. The Kier molecular flexibility index (Phi) is 18.3. The number of rotatable bonds is 3. The summed E-state index contributed by atoms with van der Waals surface area (Å²) in [5.74, 6) is -1.39. The quantitative estimate of drug-likeness (QED) is 0.270. The molecule has 0 N–H and O–H groups in total. The SMILES string of the molecule is C.C=C(C)C(=O)OC1CCCC1=O.C=C(C)C(=O)[O-].O=C1CCCC1Cl.[Na+]. The summed E-state index contributed by atoms with van der Waals surface area (Å²) in [5.41, 5.74) is 0.407. The second kappa shape index (κ2) is 16.0. The van der Waals surface area contributed by atoms with Crippen molar-refractivity contribution >= 4 is 35.1 Å². The number of halogens is 1. The van der Waals surface area contributed by atoms with Crippen LogP contribution in [0.4, 0.5) is 0 Å². The van der Waals surface area contributed by atoms with Gasteiger partial charge in [-0.3, -0.25) is 9.59 Å². The number of carboxylic acids is 1. The molecule has 2 unspecified atom stereocenters. The largest absolute Gasteiger partial charge is 1.00 e. The Balaban J connectivity index is -0.000000333. The summed E-state index contributed by atoms with van der Waals surface area (Å²) in [7, 11) is 0.